The minimum Gasteiger partial charge on any atom is -0.292 e. The van der Waals surface area contributed by atoms with Crippen molar-refractivity contribution < 1.29 is 0 Å². The van der Waals surface area contributed by atoms with Gasteiger partial charge < -0.3 is 0 Å². The number of aromatic amines is 2. The summed E-state index contributed by atoms with van der Waals surface area (Å²) in [5, 5.41) is 6.48. The van der Waals surface area contributed by atoms with Crippen LogP contribution in [0.25, 0.3) is 0 Å². The molecule has 4 heteroatoms. The minimum atomic E-state index is -0.224. The van der Waals surface area contributed by atoms with E-state index in [0.717, 1.165) is 25.1 Å². The van der Waals surface area contributed by atoms with Gasteiger partial charge in [0.15, 0.2) is 0 Å². The first-order valence-electron chi connectivity index (χ1n) is 5.57. The van der Waals surface area contributed by atoms with Crippen LogP contribution in [0.2, 0.25) is 0 Å². The van der Waals surface area contributed by atoms with Crippen LogP contribution in [0.4, 0.5) is 0 Å². The average molecular weight is 215 g/mol. The molecule has 2 aromatic rings. The Morgan fingerprint density at radius 2 is 2.19 bits per heavy atom. The van der Waals surface area contributed by atoms with E-state index in [2.05, 4.69) is 33.4 Å². The molecule has 0 spiro atoms. The van der Waals surface area contributed by atoms with Crippen molar-refractivity contribution in [2.45, 2.75) is 25.2 Å². The highest BCUT2D eigenvalue weighted by Crippen LogP contribution is 2.34. The molecule has 3 rings (SSSR count). The summed E-state index contributed by atoms with van der Waals surface area (Å²) < 4.78 is 0. The third-order valence-electron chi connectivity index (χ3n) is 3.22. The lowest BCUT2D eigenvalue weighted by atomic mass is 9.82. The largest absolute Gasteiger partial charge is 0.340 e. The maximum Gasteiger partial charge on any atom is 0.340 e. The van der Waals surface area contributed by atoms with Crippen molar-refractivity contribution in [2.24, 2.45) is 0 Å². The van der Waals surface area contributed by atoms with E-state index in [9.17, 15) is 4.79 Å². The van der Waals surface area contributed by atoms with Crippen molar-refractivity contribution in [3.63, 3.8) is 0 Å². The lowest BCUT2D eigenvalue weighted by Gasteiger charge is -2.23. The molecule has 1 aromatic carbocycles. The molecule has 2 N–H and O–H groups in total. The molecule has 1 aliphatic carbocycles. The van der Waals surface area contributed by atoms with E-state index in [1.165, 1.54) is 11.1 Å². The van der Waals surface area contributed by atoms with Gasteiger partial charge in [-0.2, -0.15) is 5.10 Å². The van der Waals surface area contributed by atoms with Gasteiger partial charge in [-0.05, 0) is 30.4 Å². The second kappa shape index (κ2) is 3.63. The standard InChI is InChI=1S/C12H13N3O/c16-12-13-11(14-15-12)10-7-3-5-8-4-1-2-6-9(8)10/h1-2,4,6,10H,3,5,7H2,(H2,13,14,15,16). The number of aryl methyl sites for hydroxylation is 1. The Hall–Kier alpha value is -1.84. The second-order valence-electron chi connectivity index (χ2n) is 4.21. The normalized spacial score (nSPS) is 19.4. The SMILES string of the molecule is O=c1[nH]nc(C2CCCc3ccccc32)[nH]1. The van der Waals surface area contributed by atoms with Crippen LogP contribution in [0.5, 0.6) is 0 Å². The number of nitrogens with zero attached hydrogens (tertiary/aromatic N) is 1. The molecular formula is C12H13N3O. The maximum atomic E-state index is 11.1. The zero-order chi connectivity index (χ0) is 11.0. The van der Waals surface area contributed by atoms with E-state index >= 15 is 0 Å². The van der Waals surface area contributed by atoms with Crippen LogP contribution in [-0.4, -0.2) is 15.2 Å². The molecule has 0 saturated carbocycles. The predicted octanol–water partition coefficient (Wildman–Crippen LogP) is 1.57. The Kier molecular flexibility index (Phi) is 2.13. The fourth-order valence-corrected chi connectivity index (χ4v) is 2.49. The highest BCUT2D eigenvalue weighted by Gasteiger charge is 2.23. The molecule has 0 amide bonds. The molecule has 1 aromatic heterocycles. The number of hydrogen-bond acceptors (Lipinski definition) is 2. The monoisotopic (exact) mass is 215 g/mol. The summed E-state index contributed by atoms with van der Waals surface area (Å²) in [5.74, 6) is 1.00. The van der Waals surface area contributed by atoms with E-state index < -0.39 is 0 Å². The predicted molar refractivity (Wildman–Crippen MR) is 60.4 cm³/mol. The lowest BCUT2D eigenvalue weighted by Crippen LogP contribution is -2.13. The van der Waals surface area contributed by atoms with Crippen LogP contribution in [0, 0.1) is 0 Å². The van der Waals surface area contributed by atoms with E-state index in [4.69, 9.17) is 0 Å². The minimum absolute atomic E-state index is 0.224. The molecule has 1 aliphatic rings. The van der Waals surface area contributed by atoms with E-state index in [1.807, 2.05) is 6.07 Å². The Balaban J connectivity index is 2.08. The van der Waals surface area contributed by atoms with Crippen LogP contribution in [0.15, 0.2) is 29.1 Å². The number of H-pyrrole nitrogens is 2. The van der Waals surface area contributed by atoms with Crippen molar-refractivity contribution in [2.75, 3.05) is 0 Å². The molecule has 0 radical (unpaired) electrons. The van der Waals surface area contributed by atoms with Crippen LogP contribution < -0.4 is 5.69 Å². The van der Waals surface area contributed by atoms with Gasteiger partial charge in [0.05, 0.1) is 0 Å². The third-order valence-corrected chi connectivity index (χ3v) is 3.22. The Morgan fingerprint density at radius 3 is 3.00 bits per heavy atom. The van der Waals surface area contributed by atoms with Crippen LogP contribution in [0.3, 0.4) is 0 Å². The molecular weight excluding hydrogens is 202 g/mol. The van der Waals surface area contributed by atoms with Crippen LogP contribution >= 0.6 is 0 Å². The maximum absolute atomic E-state index is 11.1. The number of nitrogens with one attached hydrogen (secondary N) is 2. The van der Waals surface area contributed by atoms with Gasteiger partial charge in [-0.25, -0.2) is 9.89 Å². The van der Waals surface area contributed by atoms with Gasteiger partial charge in [0.2, 0.25) is 0 Å². The van der Waals surface area contributed by atoms with E-state index in [1.54, 1.807) is 0 Å². The van der Waals surface area contributed by atoms with E-state index in [0.29, 0.717) is 0 Å². The first-order chi connectivity index (χ1) is 7.84. The van der Waals surface area contributed by atoms with Crippen molar-refractivity contribution >= 4 is 0 Å². The average Bonchev–Trinajstić information content (AvgIpc) is 2.75. The summed E-state index contributed by atoms with van der Waals surface area (Å²) in [5.41, 5.74) is 2.46. The number of fused-ring (bicyclic) bond motifs is 1. The molecule has 82 valence electrons. The fourth-order valence-electron chi connectivity index (χ4n) is 2.49. The first kappa shape index (κ1) is 9.39. The van der Waals surface area contributed by atoms with Gasteiger partial charge in [0.1, 0.15) is 5.82 Å². The second-order valence-corrected chi connectivity index (χ2v) is 4.21. The highest BCUT2D eigenvalue weighted by molar-refractivity contribution is 5.35. The van der Waals surface area contributed by atoms with Gasteiger partial charge in [0.25, 0.3) is 0 Å². The van der Waals surface area contributed by atoms with Crippen LogP contribution in [-0.2, 0) is 6.42 Å². The van der Waals surface area contributed by atoms with Crippen LogP contribution in [0.1, 0.15) is 35.7 Å². The van der Waals surface area contributed by atoms with Gasteiger partial charge >= 0.3 is 5.69 Å². The number of aromatic nitrogens is 3. The summed E-state index contributed by atoms with van der Waals surface area (Å²) in [7, 11) is 0. The van der Waals surface area contributed by atoms with Gasteiger partial charge in [-0.15, -0.1) is 0 Å². The molecule has 0 aliphatic heterocycles. The molecule has 1 atom stereocenters. The van der Waals surface area contributed by atoms with Crippen molar-refractivity contribution in [3.05, 3.63) is 51.7 Å². The fraction of sp³-hybridized carbons (Fsp3) is 0.333. The summed E-state index contributed by atoms with van der Waals surface area (Å²) in [6.07, 6.45) is 3.33. The molecule has 1 heterocycles. The summed E-state index contributed by atoms with van der Waals surface area (Å²) >= 11 is 0. The molecule has 0 saturated heterocycles. The van der Waals surface area contributed by atoms with E-state index in [-0.39, 0.29) is 11.6 Å². The molecule has 0 fully saturated rings. The number of benzene rings is 1. The zero-order valence-electron chi connectivity index (χ0n) is 8.86. The van der Waals surface area contributed by atoms with Crippen molar-refractivity contribution in [1.82, 2.24) is 15.2 Å². The number of rotatable bonds is 1. The third kappa shape index (κ3) is 1.46. The molecule has 1 unspecified atom stereocenters. The molecule has 16 heavy (non-hydrogen) atoms. The van der Waals surface area contributed by atoms with Gasteiger partial charge in [0, 0.05) is 5.92 Å². The Morgan fingerprint density at radius 1 is 1.31 bits per heavy atom. The van der Waals surface area contributed by atoms with Crippen molar-refractivity contribution in [3.8, 4) is 0 Å². The Labute approximate surface area is 92.7 Å². The topological polar surface area (TPSA) is 61.5 Å². The summed E-state index contributed by atoms with van der Waals surface area (Å²) in [6, 6.07) is 8.40. The smallest absolute Gasteiger partial charge is 0.292 e. The van der Waals surface area contributed by atoms with Gasteiger partial charge in [-0.3, -0.25) is 4.98 Å². The zero-order valence-corrected chi connectivity index (χ0v) is 8.86. The Bertz CT molecular complexity index is 555. The van der Waals surface area contributed by atoms with Gasteiger partial charge in [-0.1, -0.05) is 24.3 Å². The highest BCUT2D eigenvalue weighted by atomic mass is 16.1. The lowest BCUT2D eigenvalue weighted by molar-refractivity contribution is 0.592. The summed E-state index contributed by atoms with van der Waals surface area (Å²) in [6.45, 7) is 0. The molecule has 0 bridgehead atoms. The first-order valence-corrected chi connectivity index (χ1v) is 5.57. The quantitative estimate of drug-likeness (QED) is 0.758. The molecule has 4 nitrogen and oxygen atoms in total. The number of hydrogen-bond donors (Lipinski definition) is 2. The summed E-state index contributed by atoms with van der Waals surface area (Å²) in [4.78, 5) is 13.8. The van der Waals surface area contributed by atoms with Crippen molar-refractivity contribution in [1.29, 1.82) is 0 Å².